The minimum atomic E-state index is -3.98. The Hall–Kier alpha value is -2.70. The molecule has 3 aromatic carbocycles. The van der Waals surface area contributed by atoms with E-state index < -0.39 is 16.1 Å². The molecule has 4 rings (SSSR count). The SMILES string of the molecule is CN(C(=O)C(Cc1ccc(I)cc1)NS(=O)(=O)c1ccc2ccccc2c1)C1CCCN(C(=N)N)C1. The van der Waals surface area contributed by atoms with Gasteiger partial charge in [0, 0.05) is 29.7 Å². The summed E-state index contributed by atoms with van der Waals surface area (Å²) >= 11 is 2.21. The zero-order valence-corrected chi connectivity index (χ0v) is 23.0. The first-order chi connectivity index (χ1) is 17.1. The number of hydrogen-bond donors (Lipinski definition) is 3. The Morgan fingerprint density at radius 1 is 1.17 bits per heavy atom. The minimum Gasteiger partial charge on any atom is -0.370 e. The molecule has 36 heavy (non-hydrogen) atoms. The Bertz CT molecular complexity index is 1360. The maximum absolute atomic E-state index is 13.7. The smallest absolute Gasteiger partial charge is 0.241 e. The number of piperidine rings is 1. The molecule has 2 atom stereocenters. The molecule has 1 heterocycles. The van der Waals surface area contributed by atoms with Crippen molar-refractivity contribution in [2.75, 3.05) is 20.1 Å². The van der Waals surface area contributed by atoms with E-state index in [-0.39, 0.29) is 29.2 Å². The van der Waals surface area contributed by atoms with Crippen LogP contribution in [0.5, 0.6) is 0 Å². The number of nitrogens with one attached hydrogen (secondary N) is 2. The molecule has 1 aliphatic heterocycles. The van der Waals surface area contributed by atoms with Gasteiger partial charge in [-0.25, -0.2) is 8.42 Å². The fourth-order valence-electron chi connectivity index (χ4n) is 4.54. The number of hydrogen-bond acceptors (Lipinski definition) is 4. The maximum atomic E-state index is 13.7. The van der Waals surface area contributed by atoms with Crippen LogP contribution in [-0.4, -0.2) is 62.3 Å². The molecular formula is C26H30IN5O3S. The van der Waals surface area contributed by atoms with Crippen molar-refractivity contribution in [1.82, 2.24) is 14.5 Å². The Morgan fingerprint density at radius 3 is 2.56 bits per heavy atom. The number of amides is 1. The average Bonchev–Trinajstić information content (AvgIpc) is 2.88. The highest BCUT2D eigenvalue weighted by Gasteiger charge is 2.33. The number of halogens is 1. The third kappa shape index (κ3) is 6.16. The van der Waals surface area contributed by atoms with Crippen LogP contribution < -0.4 is 10.5 Å². The van der Waals surface area contributed by atoms with Crippen molar-refractivity contribution in [2.45, 2.75) is 36.2 Å². The molecular weight excluding hydrogens is 589 g/mol. The minimum absolute atomic E-state index is 0.0204. The van der Waals surface area contributed by atoms with Crippen LogP contribution in [0.25, 0.3) is 10.8 Å². The van der Waals surface area contributed by atoms with Gasteiger partial charge in [0.05, 0.1) is 4.90 Å². The van der Waals surface area contributed by atoms with Crippen LogP contribution in [0.1, 0.15) is 18.4 Å². The van der Waals surface area contributed by atoms with Gasteiger partial charge in [-0.05, 0) is 82.5 Å². The molecule has 2 unspecified atom stereocenters. The summed E-state index contributed by atoms with van der Waals surface area (Å²) in [5, 5.41) is 9.51. The Balaban J connectivity index is 1.61. The number of nitrogens with two attached hydrogens (primary N) is 1. The summed E-state index contributed by atoms with van der Waals surface area (Å²) < 4.78 is 30.6. The number of carbonyl (C=O) groups excluding carboxylic acids is 1. The van der Waals surface area contributed by atoms with Crippen LogP contribution in [0.4, 0.5) is 0 Å². The van der Waals surface area contributed by atoms with E-state index in [0.717, 1.165) is 32.7 Å². The van der Waals surface area contributed by atoms with Crippen molar-refractivity contribution in [3.05, 3.63) is 75.9 Å². The summed E-state index contributed by atoms with van der Waals surface area (Å²) in [7, 11) is -2.28. The molecule has 3 aromatic rings. The monoisotopic (exact) mass is 619 g/mol. The number of likely N-dealkylation sites (tertiary alicyclic amines) is 1. The van der Waals surface area contributed by atoms with E-state index in [2.05, 4.69) is 27.3 Å². The number of benzene rings is 3. The second-order valence-corrected chi connectivity index (χ2v) is 12.0. The lowest BCUT2D eigenvalue weighted by molar-refractivity contribution is -0.134. The lowest BCUT2D eigenvalue weighted by atomic mass is 10.0. The summed E-state index contributed by atoms with van der Waals surface area (Å²) in [6.45, 7) is 1.12. The van der Waals surface area contributed by atoms with E-state index >= 15 is 0 Å². The Morgan fingerprint density at radius 2 is 1.86 bits per heavy atom. The number of guanidine groups is 1. The van der Waals surface area contributed by atoms with E-state index in [9.17, 15) is 13.2 Å². The van der Waals surface area contributed by atoms with Gasteiger partial charge in [-0.15, -0.1) is 0 Å². The largest absolute Gasteiger partial charge is 0.370 e. The molecule has 10 heteroatoms. The maximum Gasteiger partial charge on any atom is 0.241 e. The van der Waals surface area contributed by atoms with E-state index in [1.807, 2.05) is 48.5 Å². The van der Waals surface area contributed by atoms with E-state index in [0.29, 0.717) is 13.1 Å². The molecule has 0 spiro atoms. The fraction of sp³-hybridized carbons (Fsp3) is 0.308. The average molecular weight is 620 g/mol. The van der Waals surface area contributed by atoms with Crippen LogP contribution in [-0.2, 0) is 21.2 Å². The first kappa shape index (κ1) is 26.4. The molecule has 1 amide bonds. The summed E-state index contributed by atoms with van der Waals surface area (Å²) in [6, 6.07) is 19.0. The molecule has 0 bridgehead atoms. The Labute approximate surface area is 225 Å². The van der Waals surface area contributed by atoms with Gasteiger partial charge >= 0.3 is 0 Å². The standard InChI is InChI=1S/C26H30IN5O3S/c1-31(22-7-4-14-32(17-22)26(28)29)25(33)24(15-18-8-11-21(27)12-9-18)30-36(34,35)23-13-10-19-5-2-3-6-20(19)16-23/h2-3,5-6,8-13,16,22,24,30H,4,7,14-15,17H2,1H3,(H3,28,29). The summed E-state index contributed by atoms with van der Waals surface area (Å²) in [6.07, 6.45) is 1.78. The number of carbonyl (C=O) groups is 1. The van der Waals surface area contributed by atoms with E-state index in [1.165, 1.54) is 0 Å². The lowest BCUT2D eigenvalue weighted by Crippen LogP contribution is -2.56. The van der Waals surface area contributed by atoms with Gasteiger partial charge in [-0.2, -0.15) is 4.72 Å². The second-order valence-electron chi connectivity index (χ2n) is 9.09. The molecule has 1 fully saturated rings. The van der Waals surface area contributed by atoms with Crippen LogP contribution in [0, 0.1) is 8.98 Å². The molecule has 0 aromatic heterocycles. The zero-order valence-electron chi connectivity index (χ0n) is 20.0. The third-order valence-electron chi connectivity index (χ3n) is 6.61. The third-order valence-corrected chi connectivity index (χ3v) is 8.80. The van der Waals surface area contributed by atoms with Gasteiger partial charge in [-0.3, -0.25) is 10.2 Å². The molecule has 8 nitrogen and oxygen atoms in total. The van der Waals surface area contributed by atoms with Crippen molar-refractivity contribution in [2.24, 2.45) is 5.73 Å². The number of rotatable bonds is 7. The number of nitrogens with zero attached hydrogens (tertiary/aromatic N) is 2. The fourth-order valence-corrected chi connectivity index (χ4v) is 6.12. The van der Waals surface area contributed by atoms with Crippen LogP contribution >= 0.6 is 22.6 Å². The molecule has 1 saturated heterocycles. The van der Waals surface area contributed by atoms with Gasteiger partial charge in [0.2, 0.25) is 15.9 Å². The lowest BCUT2D eigenvalue weighted by Gasteiger charge is -2.39. The van der Waals surface area contributed by atoms with Crippen molar-refractivity contribution in [3.8, 4) is 0 Å². The highest BCUT2D eigenvalue weighted by Crippen LogP contribution is 2.21. The van der Waals surface area contributed by atoms with Crippen molar-refractivity contribution in [1.29, 1.82) is 5.41 Å². The Kier molecular flexibility index (Phi) is 8.16. The van der Waals surface area contributed by atoms with Crippen molar-refractivity contribution >= 4 is 55.3 Å². The molecule has 0 saturated carbocycles. The van der Waals surface area contributed by atoms with Crippen LogP contribution in [0.15, 0.2) is 71.6 Å². The van der Waals surface area contributed by atoms with Crippen LogP contribution in [0.3, 0.4) is 0 Å². The van der Waals surface area contributed by atoms with Crippen molar-refractivity contribution in [3.63, 3.8) is 0 Å². The van der Waals surface area contributed by atoms with Gasteiger partial charge in [0.25, 0.3) is 0 Å². The highest BCUT2D eigenvalue weighted by atomic mass is 127. The van der Waals surface area contributed by atoms with Crippen molar-refractivity contribution < 1.29 is 13.2 Å². The topological polar surface area (TPSA) is 120 Å². The normalized spacial score (nSPS) is 17.1. The van der Waals surface area contributed by atoms with E-state index in [1.54, 1.807) is 35.0 Å². The predicted octanol–water partition coefficient (Wildman–Crippen LogP) is 3.15. The second kappa shape index (κ2) is 11.1. The first-order valence-electron chi connectivity index (χ1n) is 11.8. The number of fused-ring (bicyclic) bond motifs is 1. The molecule has 0 aliphatic carbocycles. The molecule has 4 N–H and O–H groups in total. The quantitative estimate of drug-likeness (QED) is 0.213. The van der Waals surface area contributed by atoms with Gasteiger partial charge in [-0.1, -0.05) is 42.5 Å². The highest BCUT2D eigenvalue weighted by molar-refractivity contribution is 14.1. The van der Waals surface area contributed by atoms with Gasteiger partial charge in [0.1, 0.15) is 6.04 Å². The van der Waals surface area contributed by atoms with Crippen LogP contribution in [0.2, 0.25) is 0 Å². The predicted molar refractivity (Wildman–Crippen MR) is 150 cm³/mol. The molecule has 190 valence electrons. The number of sulfonamides is 1. The summed E-state index contributed by atoms with van der Waals surface area (Å²) in [5.74, 6) is -0.332. The number of likely N-dealkylation sites (N-methyl/N-ethyl adjacent to an activating group) is 1. The molecule has 1 aliphatic rings. The summed E-state index contributed by atoms with van der Waals surface area (Å²) in [5.41, 5.74) is 6.54. The first-order valence-corrected chi connectivity index (χ1v) is 14.3. The molecule has 0 radical (unpaired) electrons. The van der Waals surface area contributed by atoms with Gasteiger partial charge < -0.3 is 15.5 Å². The van der Waals surface area contributed by atoms with E-state index in [4.69, 9.17) is 11.1 Å². The summed E-state index contributed by atoms with van der Waals surface area (Å²) in [4.78, 5) is 17.2. The zero-order chi connectivity index (χ0) is 25.9. The van der Waals surface area contributed by atoms with Gasteiger partial charge in [0.15, 0.2) is 5.96 Å².